The van der Waals surface area contributed by atoms with Crippen molar-refractivity contribution in [1.82, 2.24) is 0 Å². The molecule has 0 spiro atoms. The Labute approximate surface area is 88.7 Å². The van der Waals surface area contributed by atoms with Crippen LogP contribution in [0.2, 0.25) is 0 Å². The van der Waals surface area contributed by atoms with Gasteiger partial charge in [-0.05, 0) is 24.1 Å². The largest absolute Gasteiger partial charge is 0.478 e. The predicted octanol–water partition coefficient (Wildman–Crippen LogP) is 1.04. The number of carbonyl (C=O) groups is 1. The molecule has 0 aliphatic carbocycles. The molecular formula is C11H15NO3. The first-order valence-electron chi connectivity index (χ1n) is 4.85. The monoisotopic (exact) mass is 209 g/mol. The molecule has 4 heteroatoms. The van der Waals surface area contributed by atoms with Gasteiger partial charge in [-0.25, -0.2) is 4.79 Å². The minimum atomic E-state index is -1.04. The Morgan fingerprint density at radius 3 is 2.47 bits per heavy atom. The summed E-state index contributed by atoms with van der Waals surface area (Å²) in [7, 11) is 0. The van der Waals surface area contributed by atoms with Crippen LogP contribution in [-0.4, -0.2) is 23.7 Å². The Morgan fingerprint density at radius 2 is 2.07 bits per heavy atom. The number of nitrogens with two attached hydrogens (primary N) is 1. The maximum Gasteiger partial charge on any atom is 0.346 e. The van der Waals surface area contributed by atoms with Crippen LogP contribution < -0.4 is 10.5 Å². The van der Waals surface area contributed by atoms with E-state index in [1.165, 1.54) is 5.56 Å². The van der Waals surface area contributed by atoms with Gasteiger partial charge in [0.15, 0.2) is 0 Å². The molecule has 0 saturated heterocycles. The lowest BCUT2D eigenvalue weighted by Crippen LogP contribution is -2.34. The van der Waals surface area contributed by atoms with E-state index in [4.69, 9.17) is 15.6 Å². The molecule has 1 aromatic rings. The highest BCUT2D eigenvalue weighted by Gasteiger charge is 2.16. The van der Waals surface area contributed by atoms with E-state index in [0.29, 0.717) is 5.75 Å². The molecule has 15 heavy (non-hydrogen) atoms. The van der Waals surface area contributed by atoms with E-state index in [-0.39, 0.29) is 6.54 Å². The van der Waals surface area contributed by atoms with Gasteiger partial charge in [0, 0.05) is 6.54 Å². The van der Waals surface area contributed by atoms with E-state index in [1.54, 1.807) is 12.1 Å². The first-order valence-corrected chi connectivity index (χ1v) is 4.85. The number of benzene rings is 1. The maximum atomic E-state index is 10.7. The Balaban J connectivity index is 2.67. The fraction of sp³-hybridized carbons (Fsp3) is 0.364. The van der Waals surface area contributed by atoms with E-state index >= 15 is 0 Å². The number of carboxylic acids is 1. The zero-order valence-electron chi connectivity index (χ0n) is 8.64. The number of aliphatic carboxylic acids is 1. The third-order valence-electron chi connectivity index (χ3n) is 2.10. The number of carboxylic acid groups (broad SMARTS) is 1. The molecule has 3 N–H and O–H groups in total. The Hall–Kier alpha value is -1.55. The fourth-order valence-electron chi connectivity index (χ4n) is 1.17. The van der Waals surface area contributed by atoms with E-state index in [0.717, 1.165) is 6.42 Å². The highest BCUT2D eigenvalue weighted by molar-refractivity contribution is 5.73. The molecule has 1 atom stereocenters. The molecule has 0 bridgehead atoms. The Kier molecular flexibility index (Phi) is 4.12. The van der Waals surface area contributed by atoms with Crippen LogP contribution in [0, 0.1) is 0 Å². The van der Waals surface area contributed by atoms with Crippen LogP contribution in [0.4, 0.5) is 0 Å². The average molecular weight is 209 g/mol. The lowest BCUT2D eigenvalue weighted by molar-refractivity contribution is -0.144. The van der Waals surface area contributed by atoms with E-state index in [2.05, 4.69) is 6.92 Å². The molecule has 4 nitrogen and oxygen atoms in total. The summed E-state index contributed by atoms with van der Waals surface area (Å²) in [5.41, 5.74) is 6.45. The average Bonchev–Trinajstić information content (AvgIpc) is 2.26. The van der Waals surface area contributed by atoms with Crippen molar-refractivity contribution in [2.45, 2.75) is 19.4 Å². The highest BCUT2D eigenvalue weighted by atomic mass is 16.5. The van der Waals surface area contributed by atoms with E-state index < -0.39 is 12.1 Å². The van der Waals surface area contributed by atoms with Crippen molar-refractivity contribution in [3.63, 3.8) is 0 Å². The molecule has 0 heterocycles. The van der Waals surface area contributed by atoms with Gasteiger partial charge in [0.2, 0.25) is 6.10 Å². The summed E-state index contributed by atoms with van der Waals surface area (Å²) in [6.07, 6.45) is -0.0306. The molecule has 1 unspecified atom stereocenters. The first-order chi connectivity index (χ1) is 7.17. The third-order valence-corrected chi connectivity index (χ3v) is 2.10. The minimum absolute atomic E-state index is 0.0368. The summed E-state index contributed by atoms with van der Waals surface area (Å²) in [5, 5.41) is 8.73. The quantitative estimate of drug-likeness (QED) is 0.760. The molecule has 1 aromatic carbocycles. The molecule has 0 amide bonds. The summed E-state index contributed by atoms with van der Waals surface area (Å²) >= 11 is 0. The van der Waals surface area contributed by atoms with E-state index in [1.807, 2.05) is 12.1 Å². The van der Waals surface area contributed by atoms with Gasteiger partial charge in [-0.3, -0.25) is 0 Å². The van der Waals surface area contributed by atoms with Crippen molar-refractivity contribution >= 4 is 5.97 Å². The molecule has 0 radical (unpaired) electrons. The summed E-state index contributed by atoms with van der Waals surface area (Å²) in [5.74, 6) is -0.512. The summed E-state index contributed by atoms with van der Waals surface area (Å²) < 4.78 is 5.20. The Bertz CT molecular complexity index is 321. The standard InChI is InChI=1S/C11H15NO3/c1-2-8-3-5-9(6-4-8)15-10(7-12)11(13)14/h3-6,10H,2,7,12H2,1H3,(H,13,14). The predicted molar refractivity (Wildman–Crippen MR) is 56.9 cm³/mol. The van der Waals surface area contributed by atoms with Gasteiger partial charge in [0.05, 0.1) is 0 Å². The summed E-state index contributed by atoms with van der Waals surface area (Å²) in [6, 6.07) is 7.32. The van der Waals surface area contributed by atoms with Gasteiger partial charge in [0.1, 0.15) is 5.75 Å². The van der Waals surface area contributed by atoms with Crippen LogP contribution >= 0.6 is 0 Å². The SMILES string of the molecule is CCc1ccc(OC(CN)C(=O)O)cc1. The van der Waals surface area contributed by atoms with Gasteiger partial charge in [-0.2, -0.15) is 0 Å². The van der Waals surface area contributed by atoms with E-state index in [9.17, 15) is 4.79 Å². The molecule has 0 aliphatic rings. The number of ether oxygens (including phenoxy) is 1. The van der Waals surface area contributed by atoms with Crippen molar-refractivity contribution in [2.24, 2.45) is 5.73 Å². The van der Waals surface area contributed by atoms with Crippen LogP contribution in [0.15, 0.2) is 24.3 Å². The normalized spacial score (nSPS) is 12.1. The maximum absolute atomic E-state index is 10.7. The third kappa shape index (κ3) is 3.25. The van der Waals surface area contributed by atoms with Crippen LogP contribution in [0.1, 0.15) is 12.5 Å². The summed E-state index contributed by atoms with van der Waals surface area (Å²) in [6.45, 7) is 2.01. The molecule has 82 valence electrons. The van der Waals surface area contributed by atoms with Crippen LogP contribution in [0.3, 0.4) is 0 Å². The Morgan fingerprint density at radius 1 is 1.47 bits per heavy atom. The molecular weight excluding hydrogens is 194 g/mol. The lowest BCUT2D eigenvalue weighted by Gasteiger charge is -2.12. The molecule has 1 rings (SSSR count). The lowest BCUT2D eigenvalue weighted by atomic mass is 10.2. The van der Waals surface area contributed by atoms with Crippen LogP contribution in [0.25, 0.3) is 0 Å². The van der Waals surface area contributed by atoms with Gasteiger partial charge >= 0.3 is 5.97 Å². The van der Waals surface area contributed by atoms with Crippen molar-refractivity contribution in [1.29, 1.82) is 0 Å². The number of hydrogen-bond donors (Lipinski definition) is 2. The van der Waals surface area contributed by atoms with Gasteiger partial charge in [0.25, 0.3) is 0 Å². The van der Waals surface area contributed by atoms with Crippen molar-refractivity contribution < 1.29 is 14.6 Å². The second-order valence-corrected chi connectivity index (χ2v) is 3.18. The van der Waals surface area contributed by atoms with Crippen molar-refractivity contribution in [3.8, 4) is 5.75 Å². The fourth-order valence-corrected chi connectivity index (χ4v) is 1.17. The molecule has 0 fully saturated rings. The smallest absolute Gasteiger partial charge is 0.346 e. The second-order valence-electron chi connectivity index (χ2n) is 3.18. The zero-order chi connectivity index (χ0) is 11.3. The van der Waals surface area contributed by atoms with Gasteiger partial charge in [-0.15, -0.1) is 0 Å². The van der Waals surface area contributed by atoms with Crippen LogP contribution in [-0.2, 0) is 11.2 Å². The number of rotatable bonds is 5. The second kappa shape index (κ2) is 5.36. The highest BCUT2D eigenvalue weighted by Crippen LogP contribution is 2.14. The topological polar surface area (TPSA) is 72.5 Å². The molecule has 0 aliphatic heterocycles. The van der Waals surface area contributed by atoms with Crippen molar-refractivity contribution in [3.05, 3.63) is 29.8 Å². The zero-order valence-corrected chi connectivity index (χ0v) is 8.64. The molecule has 0 aromatic heterocycles. The number of aryl methyl sites for hydroxylation is 1. The van der Waals surface area contributed by atoms with Gasteiger partial charge < -0.3 is 15.6 Å². The van der Waals surface area contributed by atoms with Gasteiger partial charge in [-0.1, -0.05) is 19.1 Å². The first kappa shape index (κ1) is 11.5. The minimum Gasteiger partial charge on any atom is -0.478 e. The van der Waals surface area contributed by atoms with Crippen LogP contribution in [0.5, 0.6) is 5.75 Å². The van der Waals surface area contributed by atoms with Crippen molar-refractivity contribution in [2.75, 3.05) is 6.54 Å². The summed E-state index contributed by atoms with van der Waals surface area (Å²) in [4.78, 5) is 10.7. The molecule has 0 saturated carbocycles. The number of hydrogen-bond acceptors (Lipinski definition) is 3.